The summed E-state index contributed by atoms with van der Waals surface area (Å²) in [7, 11) is 0. The van der Waals surface area contributed by atoms with Crippen LogP contribution in [0.2, 0.25) is 5.02 Å². The first-order valence-electron chi connectivity index (χ1n) is 13.6. The minimum absolute atomic E-state index is 0.356. The molecule has 0 aliphatic carbocycles. The number of thiocarbonyl (C=S) groups is 1. The monoisotopic (exact) mass is 595 g/mol. The summed E-state index contributed by atoms with van der Waals surface area (Å²) in [6.45, 7) is 4.19. The van der Waals surface area contributed by atoms with Crippen LogP contribution in [0.25, 0.3) is 5.69 Å². The third-order valence-corrected chi connectivity index (χ3v) is 8.58. The van der Waals surface area contributed by atoms with E-state index in [4.69, 9.17) is 23.8 Å². The first-order valence-corrected chi connectivity index (χ1v) is 14.4. The van der Waals surface area contributed by atoms with Crippen molar-refractivity contribution in [1.29, 1.82) is 0 Å². The molecular formula is C31H29ClF3N5S. The zero-order valence-corrected chi connectivity index (χ0v) is 23.9. The number of alkyl halides is 3. The van der Waals surface area contributed by atoms with E-state index in [-0.39, 0.29) is 6.04 Å². The van der Waals surface area contributed by atoms with E-state index in [9.17, 15) is 13.2 Å². The van der Waals surface area contributed by atoms with Gasteiger partial charge in [0.05, 0.1) is 28.0 Å². The number of pyridine rings is 1. The van der Waals surface area contributed by atoms with E-state index in [1.165, 1.54) is 6.07 Å². The molecule has 0 bridgehead atoms. The number of nitrogens with one attached hydrogen (secondary N) is 1. The van der Waals surface area contributed by atoms with Gasteiger partial charge in [-0.25, -0.2) is 0 Å². The largest absolute Gasteiger partial charge is 0.416 e. The molecule has 6 rings (SSSR count). The molecule has 2 aliphatic rings. The Labute approximate surface area is 247 Å². The molecule has 2 unspecified atom stereocenters. The van der Waals surface area contributed by atoms with Gasteiger partial charge in [-0.1, -0.05) is 30.7 Å². The van der Waals surface area contributed by atoms with Gasteiger partial charge in [-0.05, 0) is 91.6 Å². The zero-order valence-electron chi connectivity index (χ0n) is 22.4. The highest BCUT2D eigenvalue weighted by Gasteiger charge is 2.42. The van der Waals surface area contributed by atoms with Crippen LogP contribution in [0.3, 0.4) is 0 Å². The molecule has 0 amide bonds. The van der Waals surface area contributed by atoms with E-state index in [0.717, 1.165) is 60.8 Å². The molecule has 2 fully saturated rings. The van der Waals surface area contributed by atoms with Crippen LogP contribution in [0, 0.1) is 5.92 Å². The van der Waals surface area contributed by atoms with E-state index in [1.807, 2.05) is 53.4 Å². The van der Waals surface area contributed by atoms with Crippen molar-refractivity contribution in [3.63, 3.8) is 0 Å². The lowest BCUT2D eigenvalue weighted by Gasteiger charge is -2.33. The van der Waals surface area contributed by atoms with Gasteiger partial charge >= 0.3 is 6.18 Å². The molecule has 2 aliphatic heterocycles. The lowest BCUT2D eigenvalue weighted by molar-refractivity contribution is -0.137. The lowest BCUT2D eigenvalue weighted by Crippen LogP contribution is -2.33. The predicted octanol–water partition coefficient (Wildman–Crippen LogP) is 7.96. The van der Waals surface area contributed by atoms with Gasteiger partial charge in [-0.15, -0.1) is 0 Å². The molecule has 212 valence electrons. The average Bonchev–Trinajstić information content (AvgIpc) is 3.58. The molecule has 2 aromatic carbocycles. The second-order valence-electron chi connectivity index (χ2n) is 10.7. The fraction of sp³-hybridized carbons (Fsp3) is 0.290. The highest BCUT2D eigenvalue weighted by molar-refractivity contribution is 7.80. The normalized spacial score (nSPS) is 20.0. The number of aromatic nitrogens is 2. The van der Waals surface area contributed by atoms with Crippen molar-refractivity contribution in [3.8, 4) is 5.69 Å². The summed E-state index contributed by atoms with van der Waals surface area (Å²) in [5.41, 5.74) is 3.02. The molecule has 4 aromatic rings. The van der Waals surface area contributed by atoms with Crippen LogP contribution in [0.1, 0.15) is 48.8 Å². The van der Waals surface area contributed by atoms with Gasteiger partial charge in [-0.2, -0.15) is 13.2 Å². The van der Waals surface area contributed by atoms with E-state index < -0.39 is 17.8 Å². The van der Waals surface area contributed by atoms with Gasteiger partial charge in [-0.3, -0.25) is 4.98 Å². The molecule has 0 spiro atoms. The summed E-state index contributed by atoms with van der Waals surface area (Å²) in [6.07, 6.45) is 1.29. The van der Waals surface area contributed by atoms with Crippen molar-refractivity contribution in [1.82, 2.24) is 14.9 Å². The number of hydrogen-bond donors (Lipinski definition) is 1. The van der Waals surface area contributed by atoms with Gasteiger partial charge in [0.2, 0.25) is 0 Å². The second kappa shape index (κ2) is 11.0. The van der Waals surface area contributed by atoms with E-state index in [1.54, 1.807) is 23.0 Å². The molecule has 10 heteroatoms. The minimum Gasteiger partial charge on any atom is -0.370 e. The highest BCUT2D eigenvalue weighted by atomic mass is 35.5. The maximum absolute atomic E-state index is 13.6. The van der Waals surface area contributed by atoms with Crippen LogP contribution in [0.15, 0.2) is 85.2 Å². The van der Waals surface area contributed by atoms with E-state index >= 15 is 0 Å². The second-order valence-corrected chi connectivity index (χ2v) is 11.4. The third kappa shape index (κ3) is 5.40. The number of hydrogen-bond acceptors (Lipinski definition) is 3. The number of anilines is 2. The number of benzene rings is 2. The summed E-state index contributed by atoms with van der Waals surface area (Å²) in [4.78, 5) is 8.90. The maximum atomic E-state index is 13.6. The molecule has 2 saturated heterocycles. The van der Waals surface area contributed by atoms with E-state index in [0.29, 0.717) is 21.7 Å². The van der Waals surface area contributed by atoms with Gasteiger partial charge in [0.15, 0.2) is 5.11 Å². The Hall–Kier alpha value is -3.56. The first kappa shape index (κ1) is 27.6. The SMILES string of the molecule is CC1CCN(c2ccc(N3C(=S)NC(c4ccccn4)C3c3cccn3-c3cccc(C(F)(F)F)c3)cc2Cl)CC1. The lowest BCUT2D eigenvalue weighted by atomic mass is 9.98. The summed E-state index contributed by atoms with van der Waals surface area (Å²) in [5, 5.41) is 4.54. The molecule has 2 atom stereocenters. The molecule has 5 nitrogen and oxygen atoms in total. The molecule has 0 radical (unpaired) electrons. The minimum atomic E-state index is -4.45. The molecule has 0 saturated carbocycles. The van der Waals surface area contributed by atoms with Crippen molar-refractivity contribution in [2.24, 2.45) is 5.92 Å². The zero-order chi connectivity index (χ0) is 28.7. The Morgan fingerprint density at radius 3 is 2.46 bits per heavy atom. The van der Waals surface area contributed by atoms with Gasteiger partial charge in [0, 0.05) is 42.6 Å². The Bertz CT molecular complexity index is 1550. The smallest absolute Gasteiger partial charge is 0.370 e. The van der Waals surface area contributed by atoms with Crippen LogP contribution in [0.5, 0.6) is 0 Å². The molecular weight excluding hydrogens is 567 g/mol. The quantitative estimate of drug-likeness (QED) is 0.237. The average molecular weight is 596 g/mol. The Kier molecular flexibility index (Phi) is 7.42. The standard InChI is InChI=1S/C31H29ClF3N5S/c1-20-12-16-38(17-13-20)26-11-10-23(19-24(26)32)40-29(28(37-30(40)41)25-8-2-3-14-36-25)27-9-5-15-39(27)22-7-4-6-21(18-22)31(33,34)35/h2-11,14-15,18-20,28-29H,12-13,16-17H2,1H3,(H,37,41). The third-order valence-electron chi connectivity index (χ3n) is 7.97. The summed E-state index contributed by atoms with van der Waals surface area (Å²) < 4.78 is 42.5. The molecule has 1 N–H and O–H groups in total. The number of rotatable bonds is 5. The van der Waals surface area contributed by atoms with Crippen LogP contribution in [-0.4, -0.2) is 27.8 Å². The number of nitrogens with zero attached hydrogens (tertiary/aromatic N) is 4. The fourth-order valence-electron chi connectivity index (χ4n) is 5.79. The van der Waals surface area contributed by atoms with E-state index in [2.05, 4.69) is 22.1 Å². The fourth-order valence-corrected chi connectivity index (χ4v) is 6.43. The molecule has 41 heavy (non-hydrogen) atoms. The first-order chi connectivity index (χ1) is 19.7. The van der Waals surface area contributed by atoms with Crippen LogP contribution >= 0.6 is 23.8 Å². The van der Waals surface area contributed by atoms with Crippen LogP contribution in [0.4, 0.5) is 24.5 Å². The molecule has 4 heterocycles. The van der Waals surface area contributed by atoms with Gasteiger partial charge in [0.25, 0.3) is 0 Å². The predicted molar refractivity (Wildman–Crippen MR) is 161 cm³/mol. The summed E-state index contributed by atoms with van der Waals surface area (Å²) >= 11 is 12.8. The van der Waals surface area contributed by atoms with Crippen molar-refractivity contribution in [2.45, 2.75) is 38.0 Å². The molecule has 2 aromatic heterocycles. The van der Waals surface area contributed by atoms with Gasteiger partial charge in [0.1, 0.15) is 6.04 Å². The Morgan fingerprint density at radius 1 is 0.951 bits per heavy atom. The summed E-state index contributed by atoms with van der Waals surface area (Å²) in [5.74, 6) is 0.703. The van der Waals surface area contributed by atoms with Crippen molar-refractivity contribution in [3.05, 3.63) is 107 Å². The van der Waals surface area contributed by atoms with Crippen molar-refractivity contribution in [2.75, 3.05) is 22.9 Å². The summed E-state index contributed by atoms with van der Waals surface area (Å²) in [6, 6.07) is 19.9. The Morgan fingerprint density at radius 2 is 1.76 bits per heavy atom. The number of halogens is 4. The highest BCUT2D eigenvalue weighted by Crippen LogP contribution is 2.44. The topological polar surface area (TPSA) is 36.3 Å². The maximum Gasteiger partial charge on any atom is 0.416 e. The van der Waals surface area contributed by atoms with Crippen molar-refractivity contribution >= 4 is 40.3 Å². The van der Waals surface area contributed by atoms with Gasteiger partial charge < -0.3 is 19.7 Å². The van der Waals surface area contributed by atoms with Crippen molar-refractivity contribution < 1.29 is 13.2 Å². The number of piperidine rings is 1. The Balaban J connectivity index is 1.43. The van der Waals surface area contributed by atoms with Crippen LogP contribution < -0.4 is 15.1 Å². The van der Waals surface area contributed by atoms with Crippen LogP contribution in [-0.2, 0) is 6.18 Å².